The minimum atomic E-state index is -3.18. The van der Waals surface area contributed by atoms with Crippen LogP contribution >= 0.6 is 0 Å². The Balaban J connectivity index is 1.30. The predicted molar refractivity (Wildman–Crippen MR) is 118 cm³/mol. The van der Waals surface area contributed by atoms with Gasteiger partial charge in [-0.15, -0.1) is 0 Å². The molecule has 4 fully saturated rings. The summed E-state index contributed by atoms with van der Waals surface area (Å²) in [4.78, 5) is 22.2. The van der Waals surface area contributed by atoms with Crippen molar-refractivity contribution in [3.8, 4) is 0 Å². The van der Waals surface area contributed by atoms with Crippen molar-refractivity contribution in [2.24, 2.45) is 5.41 Å². The zero-order valence-electron chi connectivity index (χ0n) is 17.8. The van der Waals surface area contributed by atoms with Crippen molar-refractivity contribution >= 4 is 27.0 Å². The molecule has 4 atom stereocenters. The molecule has 2 aromatic rings. The van der Waals surface area contributed by atoms with Crippen LogP contribution in [-0.2, 0) is 10.0 Å². The molecule has 2 aliphatic carbocycles. The second-order valence-corrected chi connectivity index (χ2v) is 12.0. The fourth-order valence-corrected chi connectivity index (χ4v) is 8.12. The van der Waals surface area contributed by atoms with Crippen LogP contribution in [0, 0.1) is 5.41 Å². The molecule has 1 N–H and O–H groups in total. The summed E-state index contributed by atoms with van der Waals surface area (Å²) in [7, 11) is -3.18. The van der Waals surface area contributed by atoms with Gasteiger partial charge in [-0.2, -0.15) is 9.29 Å². The van der Waals surface area contributed by atoms with Crippen molar-refractivity contribution in [1.29, 1.82) is 0 Å². The Bertz CT molecular complexity index is 1190. The molecule has 2 bridgehead atoms. The summed E-state index contributed by atoms with van der Waals surface area (Å²) in [5.41, 5.74) is 1.04. The van der Waals surface area contributed by atoms with E-state index in [9.17, 15) is 13.2 Å². The van der Waals surface area contributed by atoms with Crippen LogP contribution in [0.4, 0.5) is 5.95 Å². The van der Waals surface area contributed by atoms with E-state index >= 15 is 0 Å². The fourth-order valence-electron chi connectivity index (χ4n) is 6.65. The van der Waals surface area contributed by atoms with Gasteiger partial charge in [0.05, 0.1) is 6.26 Å². The number of hydrogen-bond donors (Lipinski definition) is 1. The maximum absolute atomic E-state index is 12.9. The third kappa shape index (κ3) is 3.19. The van der Waals surface area contributed by atoms with E-state index in [0.29, 0.717) is 11.4 Å². The molecule has 4 aliphatic rings. The molecule has 1 spiro atoms. The van der Waals surface area contributed by atoms with E-state index in [-0.39, 0.29) is 29.7 Å². The summed E-state index contributed by atoms with van der Waals surface area (Å²) in [5, 5.41) is 4.35. The van der Waals surface area contributed by atoms with Crippen LogP contribution in [0.1, 0.15) is 63.8 Å². The Hall–Kier alpha value is -2.00. The normalized spacial score (nSPS) is 32.0. The first kappa shape index (κ1) is 19.7. The second kappa shape index (κ2) is 6.75. The number of fused-ring (bicyclic) bond motifs is 3. The SMILES string of the molecule is CS(=O)(=O)N1[C@@H]2CC[C@H]1CC(Nc1ncc3ccc(=O)n([C@H]4CCCC45CC5)c3n1)C2. The van der Waals surface area contributed by atoms with Gasteiger partial charge >= 0.3 is 0 Å². The Morgan fingerprint density at radius 1 is 1.10 bits per heavy atom. The zero-order valence-corrected chi connectivity index (χ0v) is 18.6. The number of pyridine rings is 1. The average molecular weight is 444 g/mol. The van der Waals surface area contributed by atoms with E-state index in [1.165, 1.54) is 31.9 Å². The van der Waals surface area contributed by atoms with Gasteiger partial charge in [-0.05, 0) is 62.8 Å². The molecule has 166 valence electrons. The highest BCUT2D eigenvalue weighted by Gasteiger charge is 2.53. The van der Waals surface area contributed by atoms with Gasteiger partial charge in [-0.1, -0.05) is 6.42 Å². The molecule has 6 rings (SSSR count). The van der Waals surface area contributed by atoms with E-state index in [1.807, 2.05) is 10.6 Å². The number of piperidine rings is 1. The molecular weight excluding hydrogens is 414 g/mol. The van der Waals surface area contributed by atoms with Gasteiger partial charge in [0.2, 0.25) is 16.0 Å². The monoisotopic (exact) mass is 443 g/mol. The summed E-state index contributed by atoms with van der Waals surface area (Å²) in [6, 6.07) is 3.94. The van der Waals surface area contributed by atoms with Crippen molar-refractivity contribution < 1.29 is 8.42 Å². The molecule has 8 nitrogen and oxygen atoms in total. The molecule has 1 unspecified atom stereocenters. The highest BCUT2D eigenvalue weighted by Crippen LogP contribution is 2.63. The molecule has 2 aromatic heterocycles. The van der Waals surface area contributed by atoms with E-state index in [1.54, 1.807) is 16.6 Å². The summed E-state index contributed by atoms with van der Waals surface area (Å²) < 4.78 is 28.0. The quantitative estimate of drug-likeness (QED) is 0.780. The van der Waals surface area contributed by atoms with E-state index in [4.69, 9.17) is 4.98 Å². The van der Waals surface area contributed by atoms with E-state index in [2.05, 4.69) is 10.3 Å². The zero-order chi connectivity index (χ0) is 21.4. The van der Waals surface area contributed by atoms with Crippen LogP contribution in [0.3, 0.4) is 0 Å². The number of anilines is 1. The minimum absolute atomic E-state index is 0.0230. The maximum atomic E-state index is 12.9. The molecule has 0 amide bonds. The highest BCUT2D eigenvalue weighted by molar-refractivity contribution is 7.88. The van der Waals surface area contributed by atoms with Crippen molar-refractivity contribution in [1.82, 2.24) is 18.8 Å². The van der Waals surface area contributed by atoms with Gasteiger partial charge in [0.1, 0.15) is 5.65 Å². The van der Waals surface area contributed by atoms with Gasteiger partial charge in [0, 0.05) is 41.8 Å². The minimum Gasteiger partial charge on any atom is -0.351 e. The summed E-state index contributed by atoms with van der Waals surface area (Å²) >= 11 is 0. The molecule has 2 aliphatic heterocycles. The fraction of sp³-hybridized carbons (Fsp3) is 0.682. The first-order valence-electron chi connectivity index (χ1n) is 11.5. The van der Waals surface area contributed by atoms with Crippen LogP contribution in [0.5, 0.6) is 0 Å². The van der Waals surface area contributed by atoms with Gasteiger partial charge in [0.25, 0.3) is 5.56 Å². The third-order valence-electron chi connectivity index (χ3n) is 8.11. The summed E-state index contributed by atoms with van der Waals surface area (Å²) in [6.07, 6.45) is 12.3. The number of aromatic nitrogens is 3. The average Bonchev–Trinajstić information content (AvgIpc) is 3.28. The van der Waals surface area contributed by atoms with Crippen molar-refractivity contribution in [3.63, 3.8) is 0 Å². The topological polar surface area (TPSA) is 97.2 Å². The largest absolute Gasteiger partial charge is 0.351 e. The second-order valence-electron chi connectivity index (χ2n) is 10.1. The van der Waals surface area contributed by atoms with Crippen molar-refractivity contribution in [2.75, 3.05) is 11.6 Å². The highest BCUT2D eigenvalue weighted by atomic mass is 32.2. The molecule has 0 radical (unpaired) electrons. The van der Waals surface area contributed by atoms with E-state index in [0.717, 1.165) is 43.1 Å². The lowest BCUT2D eigenvalue weighted by Gasteiger charge is -2.37. The number of nitrogens with one attached hydrogen (secondary N) is 1. The number of hydrogen-bond acceptors (Lipinski definition) is 6. The number of nitrogens with zero attached hydrogens (tertiary/aromatic N) is 4. The summed E-state index contributed by atoms with van der Waals surface area (Å²) in [6.45, 7) is 0. The first-order chi connectivity index (χ1) is 14.8. The van der Waals surface area contributed by atoms with Gasteiger partial charge in [-0.3, -0.25) is 9.36 Å². The van der Waals surface area contributed by atoms with Crippen LogP contribution in [-0.4, -0.2) is 51.6 Å². The van der Waals surface area contributed by atoms with Crippen molar-refractivity contribution in [3.05, 3.63) is 28.7 Å². The van der Waals surface area contributed by atoms with Crippen molar-refractivity contribution in [2.45, 2.75) is 82.0 Å². The molecule has 0 aromatic carbocycles. The Kier molecular flexibility index (Phi) is 4.28. The third-order valence-corrected chi connectivity index (χ3v) is 9.47. The van der Waals surface area contributed by atoms with Crippen LogP contribution in [0.25, 0.3) is 11.0 Å². The Morgan fingerprint density at radius 3 is 2.52 bits per heavy atom. The van der Waals surface area contributed by atoms with Gasteiger partial charge < -0.3 is 5.32 Å². The first-order valence-corrected chi connectivity index (χ1v) is 13.3. The summed E-state index contributed by atoms with van der Waals surface area (Å²) in [5.74, 6) is 0.534. The number of sulfonamides is 1. The molecular formula is C22H29N5O3S. The van der Waals surface area contributed by atoms with Crippen LogP contribution in [0.15, 0.2) is 23.1 Å². The maximum Gasteiger partial charge on any atom is 0.252 e. The molecule has 4 heterocycles. The Morgan fingerprint density at radius 2 is 1.84 bits per heavy atom. The molecule has 31 heavy (non-hydrogen) atoms. The Labute approximate surface area is 182 Å². The molecule has 2 saturated carbocycles. The van der Waals surface area contributed by atoms with Gasteiger partial charge in [0.15, 0.2) is 0 Å². The lowest BCUT2D eigenvalue weighted by molar-refractivity contribution is 0.236. The number of rotatable bonds is 4. The van der Waals surface area contributed by atoms with Gasteiger partial charge in [-0.25, -0.2) is 13.4 Å². The lowest BCUT2D eigenvalue weighted by Crippen LogP contribution is -2.49. The van der Waals surface area contributed by atoms with Crippen LogP contribution < -0.4 is 10.9 Å². The molecule has 2 saturated heterocycles. The van der Waals surface area contributed by atoms with Crippen LogP contribution in [0.2, 0.25) is 0 Å². The lowest BCUT2D eigenvalue weighted by atomic mass is 10.00. The standard InChI is InChI=1S/C22H29N5O3S/c1-31(29,30)27-16-5-6-17(27)12-15(11-16)24-21-23-13-14-4-7-19(28)26(20(14)25-21)18-3-2-8-22(18)9-10-22/h4,7,13,15-18H,2-3,5-6,8-12H2,1H3,(H,23,24,25)/t15?,16-,17+,18-/m0/s1. The predicted octanol–water partition coefficient (Wildman–Crippen LogP) is 2.66. The molecule has 9 heteroatoms. The van der Waals surface area contributed by atoms with E-state index < -0.39 is 10.0 Å². The smallest absolute Gasteiger partial charge is 0.252 e.